The number of fused-ring (bicyclic) bond motifs is 1. The number of amides is 1. The van der Waals surface area contributed by atoms with Crippen molar-refractivity contribution >= 4 is 23.5 Å². The number of ether oxygens (including phenoxy) is 2. The Morgan fingerprint density at radius 1 is 1.41 bits per heavy atom. The number of aromatic nitrogens is 1. The SMILES string of the molecule is CN(C)CCc1c[nH]c2cccc(OC(=O)N3CC4(COC4)C3)c12.O=CO. The predicted molar refractivity (Wildman–Crippen MR) is 100 cm³/mol. The van der Waals surface area contributed by atoms with Crippen LogP contribution in [0.15, 0.2) is 24.4 Å². The van der Waals surface area contributed by atoms with E-state index >= 15 is 0 Å². The summed E-state index contributed by atoms with van der Waals surface area (Å²) in [4.78, 5) is 27.9. The molecule has 8 nitrogen and oxygen atoms in total. The fourth-order valence-corrected chi connectivity index (χ4v) is 3.47. The number of nitrogens with one attached hydrogen (secondary N) is 1. The molecule has 8 heteroatoms. The van der Waals surface area contributed by atoms with Gasteiger partial charge in [-0.2, -0.15) is 0 Å². The van der Waals surface area contributed by atoms with Crippen molar-refractivity contribution in [3.8, 4) is 5.75 Å². The standard InChI is InChI=1S/C18H23N3O3.CH2O2/c1-20(2)7-6-13-8-19-14-4-3-5-15(16(13)14)24-17(22)21-9-18(10-21)11-23-12-18;2-1-3/h3-5,8,19H,6-7,9-12H2,1-2H3;1H,(H,2,3). The van der Waals surface area contributed by atoms with Gasteiger partial charge in [-0.3, -0.25) is 4.79 Å². The molecule has 2 aliphatic rings. The number of carbonyl (C=O) groups is 2. The third kappa shape index (κ3) is 4.06. The molecule has 4 rings (SSSR count). The van der Waals surface area contributed by atoms with Crippen molar-refractivity contribution in [1.82, 2.24) is 14.8 Å². The zero-order valence-electron chi connectivity index (χ0n) is 15.6. The van der Waals surface area contributed by atoms with E-state index in [4.69, 9.17) is 19.4 Å². The molecule has 0 atom stereocenters. The number of nitrogens with zero attached hydrogens (tertiary/aromatic N) is 2. The van der Waals surface area contributed by atoms with Gasteiger partial charge in [0.25, 0.3) is 6.47 Å². The summed E-state index contributed by atoms with van der Waals surface area (Å²) >= 11 is 0. The molecule has 0 unspecified atom stereocenters. The van der Waals surface area contributed by atoms with Crippen molar-refractivity contribution < 1.29 is 24.2 Å². The van der Waals surface area contributed by atoms with Gasteiger partial charge in [0.2, 0.25) is 0 Å². The zero-order valence-corrected chi connectivity index (χ0v) is 15.6. The fourth-order valence-electron chi connectivity index (χ4n) is 3.47. The number of carbonyl (C=O) groups excluding carboxylic acids is 1. The molecule has 2 saturated heterocycles. The van der Waals surface area contributed by atoms with Gasteiger partial charge in [-0.1, -0.05) is 6.07 Å². The van der Waals surface area contributed by atoms with Crippen molar-refractivity contribution in [3.63, 3.8) is 0 Å². The van der Waals surface area contributed by atoms with E-state index in [1.54, 1.807) is 4.90 Å². The Balaban J connectivity index is 0.000000659. The van der Waals surface area contributed by atoms with Gasteiger partial charge in [0.05, 0.1) is 18.6 Å². The van der Waals surface area contributed by atoms with Crippen LogP contribution in [0.3, 0.4) is 0 Å². The van der Waals surface area contributed by atoms with E-state index in [2.05, 4.69) is 24.0 Å². The second kappa shape index (κ2) is 7.98. The number of H-pyrrole nitrogens is 1. The summed E-state index contributed by atoms with van der Waals surface area (Å²) in [6.45, 7) is 3.70. The number of likely N-dealkylation sites (tertiary alicyclic amines) is 1. The first-order valence-corrected chi connectivity index (χ1v) is 8.84. The Hall–Kier alpha value is -2.58. The monoisotopic (exact) mass is 375 g/mol. The lowest BCUT2D eigenvalue weighted by Crippen LogP contribution is -2.67. The fraction of sp³-hybridized carbons (Fsp3) is 0.474. The largest absolute Gasteiger partial charge is 0.483 e. The minimum Gasteiger partial charge on any atom is -0.483 e. The van der Waals surface area contributed by atoms with Gasteiger partial charge in [0, 0.05) is 36.7 Å². The van der Waals surface area contributed by atoms with E-state index in [1.807, 2.05) is 24.4 Å². The van der Waals surface area contributed by atoms with Crippen LogP contribution in [-0.2, 0) is 16.0 Å². The maximum Gasteiger partial charge on any atom is 0.415 e. The van der Waals surface area contributed by atoms with Crippen molar-refractivity contribution in [1.29, 1.82) is 0 Å². The Bertz CT molecular complexity index is 805. The smallest absolute Gasteiger partial charge is 0.415 e. The van der Waals surface area contributed by atoms with Crippen LogP contribution in [0.25, 0.3) is 10.9 Å². The first kappa shape index (κ1) is 19.2. The van der Waals surface area contributed by atoms with Crippen LogP contribution in [0.4, 0.5) is 4.79 Å². The van der Waals surface area contributed by atoms with E-state index in [1.165, 1.54) is 5.56 Å². The number of carboxylic acid groups (broad SMARTS) is 1. The first-order chi connectivity index (χ1) is 13.0. The molecule has 1 aromatic carbocycles. The lowest BCUT2D eigenvalue weighted by Gasteiger charge is -2.54. The van der Waals surface area contributed by atoms with Crippen LogP contribution >= 0.6 is 0 Å². The maximum atomic E-state index is 12.4. The number of hydrogen-bond donors (Lipinski definition) is 2. The number of hydrogen-bond acceptors (Lipinski definition) is 5. The Kier molecular flexibility index (Phi) is 5.67. The van der Waals surface area contributed by atoms with Gasteiger partial charge >= 0.3 is 6.09 Å². The summed E-state index contributed by atoms with van der Waals surface area (Å²) in [5.41, 5.74) is 2.38. The Labute approximate surface area is 157 Å². The van der Waals surface area contributed by atoms with Gasteiger partial charge < -0.3 is 29.4 Å². The third-order valence-corrected chi connectivity index (χ3v) is 4.90. The topological polar surface area (TPSA) is 95.1 Å². The van der Waals surface area contributed by atoms with Gasteiger partial charge in [-0.25, -0.2) is 4.79 Å². The Morgan fingerprint density at radius 3 is 2.70 bits per heavy atom. The molecule has 2 fully saturated rings. The average molecular weight is 375 g/mol. The minimum absolute atomic E-state index is 0.204. The molecule has 2 N–H and O–H groups in total. The molecule has 3 heterocycles. The molecule has 0 radical (unpaired) electrons. The number of rotatable bonds is 4. The molecule has 0 saturated carbocycles. The first-order valence-electron chi connectivity index (χ1n) is 8.84. The van der Waals surface area contributed by atoms with Crippen molar-refractivity contribution in [2.45, 2.75) is 6.42 Å². The highest BCUT2D eigenvalue weighted by molar-refractivity contribution is 5.91. The van der Waals surface area contributed by atoms with E-state index < -0.39 is 0 Å². The van der Waals surface area contributed by atoms with E-state index in [9.17, 15) is 4.79 Å². The second-order valence-electron chi connectivity index (χ2n) is 7.37. The average Bonchev–Trinajstić information content (AvgIpc) is 2.95. The summed E-state index contributed by atoms with van der Waals surface area (Å²) in [5.74, 6) is 0.637. The van der Waals surface area contributed by atoms with Crippen LogP contribution in [0, 0.1) is 5.41 Å². The number of aromatic amines is 1. The predicted octanol–water partition coefficient (Wildman–Crippen LogP) is 1.80. The van der Waals surface area contributed by atoms with Gasteiger partial charge in [0.15, 0.2) is 0 Å². The molecule has 146 valence electrons. The van der Waals surface area contributed by atoms with Crippen molar-refractivity contribution in [3.05, 3.63) is 30.0 Å². The zero-order chi connectivity index (χ0) is 19.4. The van der Waals surface area contributed by atoms with E-state index in [-0.39, 0.29) is 18.0 Å². The second-order valence-corrected chi connectivity index (χ2v) is 7.37. The molecule has 27 heavy (non-hydrogen) atoms. The van der Waals surface area contributed by atoms with Gasteiger partial charge in [0.1, 0.15) is 5.75 Å². The van der Waals surface area contributed by atoms with Crippen molar-refractivity contribution in [2.75, 3.05) is 46.9 Å². The molecule has 2 aliphatic heterocycles. The summed E-state index contributed by atoms with van der Waals surface area (Å²) in [5, 5.41) is 7.90. The minimum atomic E-state index is -0.264. The molecule has 1 amide bonds. The Morgan fingerprint density at radius 2 is 2.11 bits per heavy atom. The van der Waals surface area contributed by atoms with Crippen LogP contribution in [0.5, 0.6) is 5.75 Å². The highest BCUT2D eigenvalue weighted by Crippen LogP contribution is 2.38. The highest BCUT2D eigenvalue weighted by Gasteiger charge is 2.51. The number of benzene rings is 1. The lowest BCUT2D eigenvalue weighted by atomic mass is 9.78. The van der Waals surface area contributed by atoms with Crippen LogP contribution in [-0.4, -0.2) is 79.4 Å². The van der Waals surface area contributed by atoms with Gasteiger partial charge in [-0.05, 0) is 38.2 Å². The quantitative estimate of drug-likeness (QED) is 0.792. The molecule has 1 aromatic heterocycles. The third-order valence-electron chi connectivity index (χ3n) is 4.90. The van der Waals surface area contributed by atoms with E-state index in [0.717, 1.165) is 50.2 Å². The summed E-state index contributed by atoms with van der Waals surface area (Å²) in [7, 11) is 4.11. The van der Waals surface area contributed by atoms with Gasteiger partial charge in [-0.15, -0.1) is 0 Å². The normalized spacial score (nSPS) is 17.1. The van der Waals surface area contributed by atoms with Crippen LogP contribution < -0.4 is 4.74 Å². The molecule has 2 aromatic rings. The van der Waals surface area contributed by atoms with E-state index in [0.29, 0.717) is 5.75 Å². The molecule has 0 bridgehead atoms. The molecular weight excluding hydrogens is 350 g/mol. The highest BCUT2D eigenvalue weighted by atomic mass is 16.6. The number of likely N-dealkylation sites (N-methyl/N-ethyl adjacent to an activating group) is 1. The lowest BCUT2D eigenvalue weighted by molar-refractivity contribution is -0.177. The summed E-state index contributed by atoms with van der Waals surface area (Å²) in [6.07, 6.45) is 2.65. The summed E-state index contributed by atoms with van der Waals surface area (Å²) in [6, 6.07) is 5.79. The van der Waals surface area contributed by atoms with Crippen LogP contribution in [0.1, 0.15) is 5.56 Å². The molecule has 1 spiro atoms. The van der Waals surface area contributed by atoms with Crippen LogP contribution in [0.2, 0.25) is 0 Å². The molecule has 0 aliphatic carbocycles. The van der Waals surface area contributed by atoms with Crippen molar-refractivity contribution in [2.24, 2.45) is 5.41 Å². The summed E-state index contributed by atoms with van der Waals surface area (Å²) < 4.78 is 11.0. The maximum absolute atomic E-state index is 12.4. The molecular formula is C19H25N3O5.